The monoisotopic (exact) mass is 348 g/mol. The second kappa shape index (κ2) is 6.96. The van der Waals surface area contributed by atoms with Crippen LogP contribution in [0.1, 0.15) is 34.8 Å². The van der Waals surface area contributed by atoms with Crippen LogP contribution in [0.25, 0.3) is 0 Å². The summed E-state index contributed by atoms with van der Waals surface area (Å²) in [7, 11) is 0. The summed E-state index contributed by atoms with van der Waals surface area (Å²) >= 11 is 0. The molecule has 26 heavy (non-hydrogen) atoms. The standard InChI is InChI=1S/C21H20N2O3/c1-2-25-16-11-9-15(10-12-16)22-20-18-7-3-4-8-19(18)21(24)23(20)14-17-6-5-13-26-17/h3-13,20,22H,2,14H2,1H3/t20-/m0/s1. The van der Waals surface area contributed by atoms with Crippen LogP contribution in [0.15, 0.2) is 71.3 Å². The number of furan rings is 1. The third kappa shape index (κ3) is 3.04. The van der Waals surface area contributed by atoms with Gasteiger partial charge in [-0.1, -0.05) is 18.2 Å². The van der Waals surface area contributed by atoms with Gasteiger partial charge in [0.2, 0.25) is 0 Å². The molecule has 3 aromatic rings. The lowest BCUT2D eigenvalue weighted by Crippen LogP contribution is -2.31. The molecule has 0 unspecified atom stereocenters. The van der Waals surface area contributed by atoms with E-state index < -0.39 is 0 Å². The quantitative estimate of drug-likeness (QED) is 0.715. The predicted octanol–water partition coefficient (Wildman–Crippen LogP) is 4.45. The van der Waals surface area contributed by atoms with Gasteiger partial charge in [0.15, 0.2) is 0 Å². The van der Waals surface area contributed by atoms with Crippen molar-refractivity contribution in [3.8, 4) is 5.75 Å². The Labute approximate surface area is 152 Å². The number of amides is 1. The van der Waals surface area contributed by atoms with Gasteiger partial charge in [-0.2, -0.15) is 0 Å². The van der Waals surface area contributed by atoms with Gasteiger partial charge in [0.05, 0.1) is 19.4 Å². The van der Waals surface area contributed by atoms with Gasteiger partial charge in [-0.15, -0.1) is 0 Å². The summed E-state index contributed by atoms with van der Waals surface area (Å²) in [6.07, 6.45) is 1.37. The third-order valence-electron chi connectivity index (χ3n) is 4.43. The minimum atomic E-state index is -0.248. The van der Waals surface area contributed by atoms with Crippen LogP contribution in [0.2, 0.25) is 0 Å². The number of nitrogens with one attached hydrogen (secondary N) is 1. The zero-order valence-electron chi connectivity index (χ0n) is 14.5. The van der Waals surface area contributed by atoms with E-state index in [0.717, 1.165) is 28.3 Å². The Hall–Kier alpha value is -3.21. The summed E-state index contributed by atoms with van der Waals surface area (Å²) in [5, 5.41) is 3.47. The molecule has 2 heterocycles. The first-order valence-electron chi connectivity index (χ1n) is 8.68. The lowest BCUT2D eigenvalue weighted by molar-refractivity contribution is 0.0715. The van der Waals surface area contributed by atoms with E-state index in [0.29, 0.717) is 13.2 Å². The molecule has 0 fully saturated rings. The number of fused-ring (bicyclic) bond motifs is 1. The molecule has 1 aliphatic heterocycles. The van der Waals surface area contributed by atoms with Crippen molar-refractivity contribution in [2.24, 2.45) is 0 Å². The molecule has 0 bridgehead atoms. The Morgan fingerprint density at radius 1 is 1.08 bits per heavy atom. The molecule has 1 aliphatic rings. The van der Waals surface area contributed by atoms with Crippen LogP contribution in [0.4, 0.5) is 5.69 Å². The molecule has 2 aromatic carbocycles. The van der Waals surface area contributed by atoms with Crippen molar-refractivity contribution in [2.75, 3.05) is 11.9 Å². The van der Waals surface area contributed by atoms with E-state index >= 15 is 0 Å². The highest BCUT2D eigenvalue weighted by Crippen LogP contribution is 2.35. The maximum Gasteiger partial charge on any atom is 0.256 e. The lowest BCUT2D eigenvalue weighted by Gasteiger charge is -2.26. The van der Waals surface area contributed by atoms with Crippen LogP contribution >= 0.6 is 0 Å². The summed E-state index contributed by atoms with van der Waals surface area (Å²) in [5.74, 6) is 1.58. The summed E-state index contributed by atoms with van der Waals surface area (Å²) < 4.78 is 10.9. The van der Waals surface area contributed by atoms with Crippen LogP contribution in [-0.2, 0) is 6.54 Å². The van der Waals surface area contributed by atoms with Crippen LogP contribution in [0, 0.1) is 0 Å². The fourth-order valence-corrected chi connectivity index (χ4v) is 3.23. The highest BCUT2D eigenvalue weighted by atomic mass is 16.5. The summed E-state index contributed by atoms with van der Waals surface area (Å²) in [4.78, 5) is 14.7. The van der Waals surface area contributed by atoms with E-state index in [9.17, 15) is 4.79 Å². The second-order valence-electron chi connectivity index (χ2n) is 6.10. The number of carbonyl (C=O) groups is 1. The first-order chi connectivity index (χ1) is 12.8. The third-order valence-corrected chi connectivity index (χ3v) is 4.43. The van der Waals surface area contributed by atoms with E-state index in [1.807, 2.05) is 67.6 Å². The van der Waals surface area contributed by atoms with E-state index in [1.54, 1.807) is 11.2 Å². The first-order valence-corrected chi connectivity index (χ1v) is 8.68. The average Bonchev–Trinajstić information content (AvgIpc) is 3.27. The Balaban J connectivity index is 1.62. The number of benzene rings is 2. The van der Waals surface area contributed by atoms with Gasteiger partial charge in [-0.3, -0.25) is 4.79 Å². The van der Waals surface area contributed by atoms with Gasteiger partial charge in [-0.05, 0) is 49.4 Å². The number of hydrogen-bond donors (Lipinski definition) is 1. The molecule has 5 nitrogen and oxygen atoms in total. The van der Waals surface area contributed by atoms with Crippen LogP contribution < -0.4 is 10.1 Å². The zero-order valence-corrected chi connectivity index (χ0v) is 14.5. The lowest BCUT2D eigenvalue weighted by atomic mass is 10.1. The molecule has 132 valence electrons. The molecule has 0 saturated heterocycles. The van der Waals surface area contributed by atoms with Crippen molar-refractivity contribution in [1.29, 1.82) is 0 Å². The molecule has 1 aromatic heterocycles. The van der Waals surface area contributed by atoms with E-state index in [1.165, 1.54) is 0 Å². The van der Waals surface area contributed by atoms with Gasteiger partial charge in [0.1, 0.15) is 17.7 Å². The molecule has 0 aliphatic carbocycles. The predicted molar refractivity (Wildman–Crippen MR) is 99.0 cm³/mol. The maximum atomic E-state index is 12.9. The average molecular weight is 348 g/mol. The highest BCUT2D eigenvalue weighted by Gasteiger charge is 2.36. The van der Waals surface area contributed by atoms with E-state index in [2.05, 4.69) is 5.32 Å². The Morgan fingerprint density at radius 2 is 1.88 bits per heavy atom. The molecule has 1 amide bonds. The Bertz CT molecular complexity index is 888. The van der Waals surface area contributed by atoms with Crippen LogP contribution in [-0.4, -0.2) is 17.4 Å². The molecule has 0 spiro atoms. The van der Waals surface area contributed by atoms with Crippen molar-refractivity contribution in [3.63, 3.8) is 0 Å². The number of hydrogen-bond acceptors (Lipinski definition) is 4. The van der Waals surface area contributed by atoms with Gasteiger partial charge >= 0.3 is 0 Å². The first kappa shape index (κ1) is 16.3. The van der Waals surface area contributed by atoms with Crippen LogP contribution in [0.3, 0.4) is 0 Å². The fraction of sp³-hybridized carbons (Fsp3) is 0.190. The van der Waals surface area contributed by atoms with Gasteiger partial charge in [-0.25, -0.2) is 0 Å². The molecular formula is C21H20N2O3. The van der Waals surface area contributed by atoms with Crippen molar-refractivity contribution >= 4 is 11.6 Å². The van der Waals surface area contributed by atoms with Crippen molar-refractivity contribution in [1.82, 2.24) is 4.90 Å². The topological polar surface area (TPSA) is 54.7 Å². The number of anilines is 1. The number of ether oxygens (including phenoxy) is 1. The Kier molecular flexibility index (Phi) is 4.35. The van der Waals surface area contributed by atoms with Gasteiger partial charge in [0, 0.05) is 16.8 Å². The zero-order chi connectivity index (χ0) is 17.9. The SMILES string of the molecule is CCOc1ccc(N[C@@H]2c3ccccc3C(=O)N2Cc2ccco2)cc1. The molecular weight excluding hydrogens is 328 g/mol. The molecule has 0 saturated carbocycles. The summed E-state index contributed by atoms with van der Waals surface area (Å²) in [6.45, 7) is 3.00. The van der Waals surface area contributed by atoms with Crippen molar-refractivity contribution < 1.29 is 13.9 Å². The van der Waals surface area contributed by atoms with Crippen molar-refractivity contribution in [2.45, 2.75) is 19.6 Å². The highest BCUT2D eigenvalue weighted by molar-refractivity contribution is 5.99. The van der Waals surface area contributed by atoms with E-state index in [4.69, 9.17) is 9.15 Å². The van der Waals surface area contributed by atoms with E-state index in [-0.39, 0.29) is 12.1 Å². The number of nitrogens with zero attached hydrogens (tertiary/aromatic N) is 1. The molecule has 1 N–H and O–H groups in total. The Morgan fingerprint density at radius 3 is 2.62 bits per heavy atom. The number of rotatable bonds is 6. The maximum absolute atomic E-state index is 12.9. The smallest absolute Gasteiger partial charge is 0.256 e. The fourth-order valence-electron chi connectivity index (χ4n) is 3.23. The van der Waals surface area contributed by atoms with Crippen LogP contribution in [0.5, 0.6) is 5.75 Å². The summed E-state index contributed by atoms with van der Waals surface area (Å²) in [5.41, 5.74) is 2.62. The molecule has 1 atom stereocenters. The molecule has 0 radical (unpaired) electrons. The second-order valence-corrected chi connectivity index (χ2v) is 6.10. The van der Waals surface area contributed by atoms with Gasteiger partial charge < -0.3 is 19.4 Å². The molecule has 5 heteroatoms. The normalized spacial score (nSPS) is 15.8. The molecule has 4 rings (SSSR count). The number of carbonyl (C=O) groups excluding carboxylic acids is 1. The minimum absolute atomic E-state index is 0.000404. The van der Waals surface area contributed by atoms with Gasteiger partial charge in [0.25, 0.3) is 5.91 Å². The van der Waals surface area contributed by atoms with Crippen molar-refractivity contribution in [3.05, 3.63) is 83.8 Å². The minimum Gasteiger partial charge on any atom is -0.494 e. The largest absolute Gasteiger partial charge is 0.494 e. The summed E-state index contributed by atoms with van der Waals surface area (Å²) in [6, 6.07) is 19.2.